The highest BCUT2D eigenvalue weighted by Crippen LogP contribution is 2.43. The van der Waals surface area contributed by atoms with E-state index in [-0.39, 0.29) is 17.4 Å². The van der Waals surface area contributed by atoms with Crippen molar-refractivity contribution in [1.82, 2.24) is 4.90 Å². The largest absolute Gasteiger partial charge is 0.507 e. The molecule has 1 saturated carbocycles. The lowest BCUT2D eigenvalue weighted by Gasteiger charge is -2.30. The molecule has 2 aromatic carbocycles. The van der Waals surface area contributed by atoms with Gasteiger partial charge in [0.25, 0.3) is 11.7 Å². The lowest BCUT2D eigenvalue weighted by atomic mass is 9.94. The van der Waals surface area contributed by atoms with Crippen LogP contribution >= 0.6 is 11.6 Å². The number of aliphatic hydroxyl groups is 1. The Hall–Kier alpha value is -2.79. The number of ketones is 1. The number of carbonyl (C=O) groups is 2. The smallest absolute Gasteiger partial charge is 0.295 e. The second-order valence-electron chi connectivity index (χ2n) is 8.78. The van der Waals surface area contributed by atoms with Crippen molar-refractivity contribution >= 4 is 29.1 Å². The minimum atomic E-state index is -0.640. The molecule has 1 N–H and O–H groups in total. The lowest BCUT2D eigenvalue weighted by Crippen LogP contribution is -2.37. The standard InChI is InChI=1S/C27H30ClNO4/c1-2-3-6-17-33-22-15-11-19(12-16-22)25(30)23-24(18-9-13-20(28)14-10-18)29(27(32)26(23)31)21-7-4-5-8-21/h9-16,21,24,30H,2-8,17H2,1H3/b25-23-. The number of hydrogen-bond donors (Lipinski definition) is 1. The number of amides is 1. The van der Waals surface area contributed by atoms with Gasteiger partial charge >= 0.3 is 0 Å². The summed E-state index contributed by atoms with van der Waals surface area (Å²) in [5.74, 6) is -0.631. The Morgan fingerprint density at radius 2 is 1.70 bits per heavy atom. The maximum Gasteiger partial charge on any atom is 0.295 e. The van der Waals surface area contributed by atoms with Crippen LogP contribution in [0.2, 0.25) is 5.02 Å². The fraction of sp³-hybridized carbons (Fsp3) is 0.407. The van der Waals surface area contributed by atoms with Gasteiger partial charge in [-0.1, -0.05) is 56.3 Å². The highest BCUT2D eigenvalue weighted by Gasteiger charge is 2.49. The van der Waals surface area contributed by atoms with Crippen molar-refractivity contribution in [3.63, 3.8) is 0 Å². The molecule has 2 aliphatic rings. The van der Waals surface area contributed by atoms with Crippen LogP contribution in [0.3, 0.4) is 0 Å². The van der Waals surface area contributed by atoms with Crippen molar-refractivity contribution < 1.29 is 19.4 Å². The van der Waals surface area contributed by atoms with E-state index in [1.54, 1.807) is 41.3 Å². The fourth-order valence-corrected chi connectivity index (χ4v) is 4.91. The maximum atomic E-state index is 13.1. The topological polar surface area (TPSA) is 66.8 Å². The number of halogens is 1. The Labute approximate surface area is 200 Å². The summed E-state index contributed by atoms with van der Waals surface area (Å²) >= 11 is 6.08. The molecule has 0 radical (unpaired) electrons. The normalized spacial score (nSPS) is 20.5. The summed E-state index contributed by atoms with van der Waals surface area (Å²) < 4.78 is 5.75. The van der Waals surface area contributed by atoms with Crippen LogP contribution in [0.4, 0.5) is 0 Å². The Morgan fingerprint density at radius 1 is 1.03 bits per heavy atom. The number of unbranched alkanes of at least 4 members (excludes halogenated alkanes) is 2. The van der Waals surface area contributed by atoms with Gasteiger partial charge < -0.3 is 14.7 Å². The monoisotopic (exact) mass is 467 g/mol. The number of ether oxygens (including phenoxy) is 1. The SMILES string of the molecule is CCCCCOc1ccc(/C(O)=C2/C(=O)C(=O)N(C3CCCC3)C2c2ccc(Cl)cc2)cc1. The molecular weight excluding hydrogens is 438 g/mol. The van der Waals surface area contributed by atoms with Crippen LogP contribution in [0.5, 0.6) is 5.75 Å². The highest BCUT2D eigenvalue weighted by molar-refractivity contribution is 6.46. The number of carbonyl (C=O) groups excluding carboxylic acids is 2. The molecule has 1 atom stereocenters. The zero-order valence-corrected chi connectivity index (χ0v) is 19.7. The highest BCUT2D eigenvalue weighted by atomic mass is 35.5. The van der Waals surface area contributed by atoms with Gasteiger partial charge in [-0.15, -0.1) is 0 Å². The molecule has 1 heterocycles. The quantitative estimate of drug-likeness (QED) is 0.215. The van der Waals surface area contributed by atoms with Crippen LogP contribution in [0.1, 0.15) is 69.0 Å². The number of hydrogen-bond acceptors (Lipinski definition) is 4. The van der Waals surface area contributed by atoms with Crippen LogP contribution in [-0.2, 0) is 9.59 Å². The van der Waals surface area contributed by atoms with E-state index in [9.17, 15) is 14.7 Å². The number of benzene rings is 2. The van der Waals surface area contributed by atoms with Crippen LogP contribution < -0.4 is 4.74 Å². The van der Waals surface area contributed by atoms with Crippen molar-refractivity contribution in [2.24, 2.45) is 0 Å². The zero-order valence-electron chi connectivity index (χ0n) is 18.9. The Morgan fingerprint density at radius 3 is 2.33 bits per heavy atom. The number of aliphatic hydroxyl groups excluding tert-OH is 1. The van der Waals surface area contributed by atoms with E-state index in [0.29, 0.717) is 22.9 Å². The average molecular weight is 468 g/mol. The van der Waals surface area contributed by atoms with Gasteiger partial charge in [0.1, 0.15) is 11.5 Å². The molecule has 0 spiro atoms. The van der Waals surface area contributed by atoms with Gasteiger partial charge in [-0.2, -0.15) is 0 Å². The Kier molecular flexibility index (Phi) is 7.39. The maximum absolute atomic E-state index is 13.1. The molecule has 1 aliphatic carbocycles. The Balaban J connectivity index is 1.68. The Bertz CT molecular complexity index is 1020. The summed E-state index contributed by atoms with van der Waals surface area (Å²) in [4.78, 5) is 27.9. The third-order valence-corrected chi connectivity index (χ3v) is 6.78. The van der Waals surface area contributed by atoms with Gasteiger partial charge in [0.2, 0.25) is 0 Å². The van der Waals surface area contributed by atoms with Gasteiger partial charge in [-0.3, -0.25) is 9.59 Å². The van der Waals surface area contributed by atoms with Crippen molar-refractivity contribution in [2.45, 2.75) is 64.0 Å². The summed E-state index contributed by atoms with van der Waals surface area (Å²) in [6.45, 7) is 2.79. The third-order valence-electron chi connectivity index (χ3n) is 6.53. The molecule has 174 valence electrons. The molecule has 6 heteroatoms. The summed E-state index contributed by atoms with van der Waals surface area (Å²) in [6.07, 6.45) is 7.02. The van der Waals surface area contributed by atoms with E-state index in [0.717, 1.165) is 50.5 Å². The number of nitrogens with zero attached hydrogens (tertiary/aromatic N) is 1. The minimum Gasteiger partial charge on any atom is -0.507 e. The fourth-order valence-electron chi connectivity index (χ4n) is 4.79. The number of likely N-dealkylation sites (tertiary alicyclic amines) is 1. The molecule has 1 saturated heterocycles. The van der Waals surface area contributed by atoms with Crippen LogP contribution in [-0.4, -0.2) is 34.3 Å². The average Bonchev–Trinajstić information content (AvgIpc) is 3.44. The number of rotatable bonds is 8. The van der Waals surface area contributed by atoms with Gasteiger partial charge in [-0.05, 0) is 61.2 Å². The summed E-state index contributed by atoms with van der Waals surface area (Å²) in [5, 5.41) is 11.8. The molecule has 0 aromatic heterocycles. The molecule has 4 rings (SSSR count). The molecule has 1 amide bonds. The molecule has 2 aromatic rings. The second kappa shape index (κ2) is 10.4. The predicted molar refractivity (Wildman–Crippen MR) is 129 cm³/mol. The molecule has 5 nitrogen and oxygen atoms in total. The molecule has 1 unspecified atom stereocenters. The second-order valence-corrected chi connectivity index (χ2v) is 9.21. The molecule has 2 fully saturated rings. The van der Waals surface area contributed by atoms with E-state index in [1.165, 1.54) is 0 Å². The molecular formula is C27H30ClNO4. The van der Waals surface area contributed by atoms with Crippen molar-refractivity contribution in [3.05, 3.63) is 70.3 Å². The first-order valence-corrected chi connectivity index (χ1v) is 12.2. The van der Waals surface area contributed by atoms with E-state index >= 15 is 0 Å². The van der Waals surface area contributed by atoms with Crippen LogP contribution in [0.15, 0.2) is 54.1 Å². The number of Topliss-reactive ketones (excluding diaryl/α,β-unsaturated/α-hetero) is 1. The minimum absolute atomic E-state index is 0.00803. The van der Waals surface area contributed by atoms with Crippen molar-refractivity contribution in [2.75, 3.05) is 6.61 Å². The predicted octanol–water partition coefficient (Wildman–Crippen LogP) is 6.27. The van der Waals surface area contributed by atoms with E-state index < -0.39 is 17.7 Å². The molecule has 1 aliphatic heterocycles. The zero-order chi connectivity index (χ0) is 23.4. The first-order chi connectivity index (χ1) is 16.0. The van der Waals surface area contributed by atoms with Crippen molar-refractivity contribution in [3.8, 4) is 5.75 Å². The first kappa shape index (κ1) is 23.4. The summed E-state index contributed by atoms with van der Waals surface area (Å²) in [7, 11) is 0. The van der Waals surface area contributed by atoms with E-state index in [4.69, 9.17) is 16.3 Å². The molecule has 0 bridgehead atoms. The summed E-state index contributed by atoms with van der Waals surface area (Å²) in [6, 6.07) is 13.5. The summed E-state index contributed by atoms with van der Waals surface area (Å²) in [5.41, 5.74) is 1.38. The van der Waals surface area contributed by atoms with Crippen LogP contribution in [0, 0.1) is 0 Å². The van der Waals surface area contributed by atoms with Gasteiger partial charge in [0, 0.05) is 16.6 Å². The molecule has 33 heavy (non-hydrogen) atoms. The lowest BCUT2D eigenvalue weighted by molar-refractivity contribution is -0.141. The first-order valence-electron chi connectivity index (χ1n) is 11.8. The van der Waals surface area contributed by atoms with Gasteiger partial charge in [-0.25, -0.2) is 0 Å². The van der Waals surface area contributed by atoms with Crippen molar-refractivity contribution in [1.29, 1.82) is 0 Å². The van der Waals surface area contributed by atoms with Crippen LogP contribution in [0.25, 0.3) is 5.76 Å². The van der Waals surface area contributed by atoms with Gasteiger partial charge in [0.15, 0.2) is 0 Å². The third kappa shape index (κ3) is 4.93. The van der Waals surface area contributed by atoms with E-state index in [2.05, 4.69) is 6.92 Å². The van der Waals surface area contributed by atoms with E-state index in [1.807, 2.05) is 12.1 Å². The van der Waals surface area contributed by atoms with Gasteiger partial charge in [0.05, 0.1) is 18.2 Å².